The number of nitrogens with one attached hydrogen (secondary N) is 4. The Morgan fingerprint density at radius 2 is 1.41 bits per heavy atom. The summed E-state index contributed by atoms with van der Waals surface area (Å²) in [6.45, 7) is 6.04. The topological polar surface area (TPSA) is 184 Å². The summed E-state index contributed by atoms with van der Waals surface area (Å²) in [5, 5.41) is 5.96. The second-order valence-electron chi connectivity index (χ2n) is 15.7. The quantitative estimate of drug-likeness (QED) is 0.114. The standard InChI is InChI=1S/C42H51ClN8O7S/c1-21(2)33(47-41(54)57-5)40(53)51-30-16-27(30)17-32(51)38-46-35(36(43)49-38)26-14-10-24(11-15-26)23-8-12-25(13-9-23)29-19-44-37(45-29)31-18-28(59-7)20-50(31)39(52)34(22(3)56-4)48-42(55)58-6/h8-15,19,21-22,27-28,30-34H,16-18,20H2,1-7H3,(H,44,45)(H,46,49)(H,47,54)(H,48,55)/t22?,27-,28+,30-,31+,32+,33+,34+/m1/s1. The van der Waals surface area contributed by atoms with Crippen LogP contribution in [0.15, 0.2) is 54.7 Å². The third-order valence-corrected chi connectivity index (χ3v) is 13.1. The fourth-order valence-corrected chi connectivity index (χ4v) is 9.20. The van der Waals surface area contributed by atoms with Gasteiger partial charge in [-0.2, -0.15) is 11.8 Å². The van der Waals surface area contributed by atoms with Crippen molar-refractivity contribution in [1.29, 1.82) is 0 Å². The monoisotopic (exact) mass is 846 g/mol. The number of methoxy groups -OCH3 is 3. The zero-order valence-corrected chi connectivity index (χ0v) is 35.7. The van der Waals surface area contributed by atoms with Crippen LogP contribution < -0.4 is 10.6 Å². The molecule has 8 atom stereocenters. The van der Waals surface area contributed by atoms with Gasteiger partial charge in [0.25, 0.3) is 0 Å². The summed E-state index contributed by atoms with van der Waals surface area (Å²) in [7, 11) is 4.04. The molecule has 0 radical (unpaired) electrons. The Morgan fingerprint density at radius 3 is 2.00 bits per heavy atom. The van der Waals surface area contributed by atoms with Crippen molar-refractivity contribution < 1.29 is 33.4 Å². The molecule has 1 aliphatic carbocycles. The van der Waals surface area contributed by atoms with Gasteiger partial charge in [0.15, 0.2) is 0 Å². The van der Waals surface area contributed by atoms with E-state index in [-0.39, 0.29) is 41.1 Å². The van der Waals surface area contributed by atoms with Crippen molar-refractivity contribution in [2.24, 2.45) is 11.8 Å². The number of aromatic amines is 2. The number of hydrogen-bond acceptors (Lipinski definition) is 10. The molecule has 3 fully saturated rings. The van der Waals surface area contributed by atoms with E-state index in [9.17, 15) is 19.2 Å². The number of fused-ring (bicyclic) bond motifs is 1. The molecule has 2 saturated heterocycles. The molecule has 4 amide bonds. The van der Waals surface area contributed by atoms with Crippen molar-refractivity contribution in [3.8, 4) is 33.6 Å². The molecular weight excluding hydrogens is 796 g/mol. The van der Waals surface area contributed by atoms with Gasteiger partial charge in [-0.05, 0) is 61.0 Å². The SMILES string of the molecule is COC(=O)N[C@H](C(=O)N1[C@@H]2C[C@@H]2C[C@H]1c1nc(-c2ccc(-c3ccc(-c4cnc([C@@H]5C[C@H](SC)CN5C(=O)[C@@H](NC(=O)OC)C(C)OC)[nH]4)cc3)cc2)c(Cl)[nH]1)C(C)C. The number of alkyl carbamates (subject to hydrolysis) is 2. The van der Waals surface area contributed by atoms with Crippen molar-refractivity contribution in [2.75, 3.05) is 34.1 Å². The number of hydrogen-bond donors (Lipinski definition) is 4. The van der Waals surface area contributed by atoms with Crippen LogP contribution in [0.4, 0.5) is 9.59 Å². The Hall–Kier alpha value is -5.06. The molecule has 15 nitrogen and oxygen atoms in total. The van der Waals surface area contributed by atoms with Crippen LogP contribution in [0.25, 0.3) is 33.6 Å². The second kappa shape index (κ2) is 17.7. The lowest BCUT2D eigenvalue weighted by Gasteiger charge is -2.31. The van der Waals surface area contributed by atoms with E-state index in [1.54, 1.807) is 29.8 Å². The van der Waals surface area contributed by atoms with Gasteiger partial charge < -0.3 is 44.6 Å². The number of nitrogens with zero attached hydrogens (tertiary/aromatic N) is 4. The normalized spacial score (nSPS) is 22.4. The molecule has 314 valence electrons. The van der Waals surface area contributed by atoms with E-state index >= 15 is 0 Å². The van der Waals surface area contributed by atoms with E-state index in [1.807, 2.05) is 73.5 Å². The van der Waals surface area contributed by atoms with Crippen molar-refractivity contribution in [1.82, 2.24) is 40.4 Å². The van der Waals surface area contributed by atoms with Gasteiger partial charge in [0.2, 0.25) is 11.8 Å². The highest BCUT2D eigenvalue weighted by Crippen LogP contribution is 2.54. The third-order valence-electron chi connectivity index (χ3n) is 11.8. The number of H-pyrrole nitrogens is 2. The van der Waals surface area contributed by atoms with Crippen molar-refractivity contribution >= 4 is 47.4 Å². The van der Waals surface area contributed by atoms with Crippen LogP contribution in [0.2, 0.25) is 5.15 Å². The molecule has 1 saturated carbocycles. The molecule has 4 aromatic rings. The summed E-state index contributed by atoms with van der Waals surface area (Å²) in [6, 6.07) is 14.0. The number of amides is 4. The fourth-order valence-electron chi connectivity index (χ4n) is 8.26. The van der Waals surface area contributed by atoms with Gasteiger partial charge in [-0.15, -0.1) is 0 Å². The van der Waals surface area contributed by atoms with E-state index in [0.717, 1.165) is 40.8 Å². The zero-order chi connectivity index (χ0) is 42.1. The Balaban J connectivity index is 1.04. The maximum atomic E-state index is 13.9. The van der Waals surface area contributed by atoms with Crippen LogP contribution in [0.1, 0.15) is 63.8 Å². The molecule has 4 N–H and O–H groups in total. The van der Waals surface area contributed by atoms with Crippen molar-refractivity contribution in [3.05, 3.63) is 71.5 Å². The van der Waals surface area contributed by atoms with E-state index in [1.165, 1.54) is 21.3 Å². The van der Waals surface area contributed by atoms with E-state index in [4.69, 9.17) is 35.8 Å². The predicted octanol–water partition coefficient (Wildman–Crippen LogP) is 6.59. The van der Waals surface area contributed by atoms with Gasteiger partial charge >= 0.3 is 12.2 Å². The van der Waals surface area contributed by atoms with Crippen LogP contribution in [-0.4, -0.2) is 117 Å². The summed E-state index contributed by atoms with van der Waals surface area (Å²) < 4.78 is 15.0. The highest BCUT2D eigenvalue weighted by molar-refractivity contribution is 7.99. The zero-order valence-electron chi connectivity index (χ0n) is 34.2. The minimum Gasteiger partial charge on any atom is -0.453 e. The van der Waals surface area contributed by atoms with Crippen LogP contribution >= 0.6 is 23.4 Å². The number of halogens is 1. The van der Waals surface area contributed by atoms with Gasteiger partial charge in [-0.3, -0.25) is 9.59 Å². The Bertz CT molecular complexity index is 2160. The molecule has 1 unspecified atom stereocenters. The number of aromatic nitrogens is 4. The minimum absolute atomic E-state index is 0.115. The summed E-state index contributed by atoms with van der Waals surface area (Å²) in [6.07, 6.45) is 4.32. The third kappa shape index (κ3) is 8.66. The van der Waals surface area contributed by atoms with Crippen molar-refractivity contribution in [2.45, 2.75) is 81.6 Å². The number of ether oxygens (including phenoxy) is 3. The van der Waals surface area contributed by atoms with Gasteiger partial charge in [0.05, 0.1) is 44.3 Å². The van der Waals surface area contributed by atoms with Crippen LogP contribution in [-0.2, 0) is 23.8 Å². The maximum Gasteiger partial charge on any atom is 0.407 e. The predicted molar refractivity (Wildman–Crippen MR) is 224 cm³/mol. The second-order valence-corrected chi connectivity index (χ2v) is 17.2. The number of thioether (sulfide) groups is 1. The maximum absolute atomic E-state index is 13.9. The average molecular weight is 847 g/mol. The molecule has 0 spiro atoms. The number of imidazole rings is 2. The molecule has 59 heavy (non-hydrogen) atoms. The van der Waals surface area contributed by atoms with Gasteiger partial charge in [0.1, 0.15) is 34.6 Å². The highest BCUT2D eigenvalue weighted by atomic mass is 35.5. The molecule has 2 aromatic heterocycles. The summed E-state index contributed by atoms with van der Waals surface area (Å²) in [4.78, 5) is 71.9. The highest BCUT2D eigenvalue weighted by Gasteiger charge is 2.56. The first kappa shape index (κ1) is 42.1. The first-order valence-electron chi connectivity index (χ1n) is 19.7. The van der Waals surface area contributed by atoms with E-state index in [0.29, 0.717) is 41.4 Å². The summed E-state index contributed by atoms with van der Waals surface area (Å²) >= 11 is 8.45. The first-order valence-corrected chi connectivity index (χ1v) is 21.4. The Kier molecular flexibility index (Phi) is 12.6. The first-order chi connectivity index (χ1) is 28.3. The lowest BCUT2D eigenvalue weighted by molar-refractivity contribution is -0.138. The molecule has 0 bridgehead atoms. The lowest BCUT2D eigenvalue weighted by Crippen LogP contribution is -2.54. The molecule has 17 heteroatoms. The van der Waals surface area contributed by atoms with Crippen LogP contribution in [0, 0.1) is 11.8 Å². The minimum atomic E-state index is -0.923. The van der Waals surface area contributed by atoms with Crippen molar-refractivity contribution in [3.63, 3.8) is 0 Å². The van der Waals surface area contributed by atoms with Crippen LogP contribution in [0.3, 0.4) is 0 Å². The molecule has 2 aromatic carbocycles. The van der Waals surface area contributed by atoms with Gasteiger partial charge in [-0.25, -0.2) is 19.6 Å². The van der Waals surface area contributed by atoms with Gasteiger partial charge in [0, 0.05) is 30.5 Å². The molecule has 2 aliphatic heterocycles. The van der Waals surface area contributed by atoms with E-state index in [2.05, 4.69) is 20.6 Å². The lowest BCUT2D eigenvalue weighted by atomic mass is 10.0. The number of piperidine rings is 1. The fraction of sp³-hybridized carbons (Fsp3) is 0.476. The number of carbonyl (C=O) groups excluding carboxylic acids is 4. The van der Waals surface area contributed by atoms with E-state index < -0.39 is 30.4 Å². The van der Waals surface area contributed by atoms with Crippen LogP contribution in [0.5, 0.6) is 0 Å². The smallest absolute Gasteiger partial charge is 0.407 e. The number of carbonyl (C=O) groups is 4. The largest absolute Gasteiger partial charge is 0.453 e. The summed E-state index contributed by atoms with van der Waals surface area (Å²) in [5.41, 5.74) is 5.22. The Labute approximate surface area is 352 Å². The number of likely N-dealkylation sites (tertiary alicyclic amines) is 2. The molecule has 7 rings (SSSR count). The molecule has 4 heterocycles. The average Bonchev–Trinajstić information content (AvgIpc) is 3.69. The van der Waals surface area contributed by atoms with Gasteiger partial charge in [-0.1, -0.05) is 74.0 Å². The Morgan fingerprint density at radius 1 is 0.797 bits per heavy atom. The molecule has 3 aliphatic rings. The number of rotatable bonds is 13. The number of benzene rings is 2. The summed E-state index contributed by atoms with van der Waals surface area (Å²) in [5.74, 6) is 1.16. The molecular formula is C42H51ClN8O7S.